The molecule has 17 heavy (non-hydrogen) atoms. The first-order chi connectivity index (χ1) is 7.45. The summed E-state index contributed by atoms with van der Waals surface area (Å²) in [6.45, 7) is 0. The van der Waals surface area contributed by atoms with Crippen LogP contribution in [0.4, 0.5) is 18.9 Å². The van der Waals surface area contributed by atoms with Crippen LogP contribution in [0, 0.1) is 0 Å². The number of rotatable bonds is 2. The minimum atomic E-state index is -4.38. The van der Waals surface area contributed by atoms with Crippen LogP contribution in [0.25, 0.3) is 0 Å². The van der Waals surface area contributed by atoms with E-state index in [-0.39, 0.29) is 24.5 Å². The van der Waals surface area contributed by atoms with Gasteiger partial charge in [0.05, 0.1) is 11.9 Å². The van der Waals surface area contributed by atoms with Gasteiger partial charge in [-0.3, -0.25) is 0 Å². The number of nitrogens with zero attached hydrogens (tertiary/aromatic N) is 1. The Morgan fingerprint density at radius 1 is 1.29 bits per heavy atom. The van der Waals surface area contributed by atoms with Crippen LogP contribution in [-0.2, 0) is 6.18 Å². The Bertz CT molecular complexity index is 360. The lowest BCUT2D eigenvalue weighted by Gasteiger charge is -2.33. The minimum absolute atomic E-state index is 0. The summed E-state index contributed by atoms with van der Waals surface area (Å²) in [5.74, 6) is 0. The highest BCUT2D eigenvalue weighted by Gasteiger charge is 2.32. The first-order valence-corrected chi connectivity index (χ1v) is 5.00. The van der Waals surface area contributed by atoms with Gasteiger partial charge < -0.3 is 11.1 Å². The molecule has 2 rings (SSSR count). The molecule has 7 heteroatoms. The summed E-state index contributed by atoms with van der Waals surface area (Å²) in [5.41, 5.74) is 5.33. The fourth-order valence-corrected chi connectivity index (χ4v) is 1.66. The lowest BCUT2D eigenvalue weighted by atomic mass is 9.87. The Labute approximate surface area is 103 Å². The van der Waals surface area contributed by atoms with Crippen molar-refractivity contribution < 1.29 is 13.2 Å². The quantitative estimate of drug-likeness (QED) is 0.865. The second kappa shape index (κ2) is 5.10. The zero-order valence-electron chi connectivity index (χ0n) is 8.87. The van der Waals surface area contributed by atoms with E-state index in [0.717, 1.165) is 18.9 Å². The highest BCUT2D eigenvalue weighted by atomic mass is 35.5. The largest absolute Gasteiger partial charge is 0.433 e. The molecule has 3 nitrogen and oxygen atoms in total. The van der Waals surface area contributed by atoms with Gasteiger partial charge in [-0.15, -0.1) is 12.4 Å². The first kappa shape index (κ1) is 14.1. The Morgan fingerprint density at radius 2 is 1.94 bits per heavy atom. The van der Waals surface area contributed by atoms with Gasteiger partial charge in [0.2, 0.25) is 0 Å². The van der Waals surface area contributed by atoms with E-state index >= 15 is 0 Å². The van der Waals surface area contributed by atoms with Gasteiger partial charge >= 0.3 is 6.18 Å². The minimum Gasteiger partial charge on any atom is -0.381 e. The van der Waals surface area contributed by atoms with E-state index in [0.29, 0.717) is 5.69 Å². The molecule has 0 aromatic carbocycles. The average molecular weight is 268 g/mol. The highest BCUT2D eigenvalue weighted by Crippen LogP contribution is 2.28. The summed E-state index contributed by atoms with van der Waals surface area (Å²) in [7, 11) is 0. The summed E-state index contributed by atoms with van der Waals surface area (Å²) in [6, 6.07) is 2.83. The fraction of sp³-hybridized carbons (Fsp3) is 0.500. The molecule has 96 valence electrons. The van der Waals surface area contributed by atoms with Gasteiger partial charge in [-0.25, -0.2) is 4.98 Å². The lowest BCUT2D eigenvalue weighted by molar-refractivity contribution is -0.141. The van der Waals surface area contributed by atoms with Crippen LogP contribution in [0.2, 0.25) is 0 Å². The SMILES string of the molecule is Cl.NC1CC(Nc2ccc(C(F)(F)F)nc2)C1. The van der Waals surface area contributed by atoms with E-state index in [1.807, 2.05) is 0 Å². The van der Waals surface area contributed by atoms with E-state index < -0.39 is 11.9 Å². The normalized spacial score (nSPS) is 23.5. The Kier molecular flexibility index (Phi) is 4.21. The topological polar surface area (TPSA) is 50.9 Å². The molecule has 0 bridgehead atoms. The summed E-state index contributed by atoms with van der Waals surface area (Å²) in [6.07, 6.45) is -1.48. The third kappa shape index (κ3) is 3.47. The third-order valence-electron chi connectivity index (χ3n) is 2.60. The van der Waals surface area contributed by atoms with E-state index in [4.69, 9.17) is 5.73 Å². The van der Waals surface area contributed by atoms with Crippen molar-refractivity contribution in [2.75, 3.05) is 5.32 Å². The van der Waals surface area contributed by atoms with Gasteiger partial charge in [0.15, 0.2) is 0 Å². The number of anilines is 1. The zero-order chi connectivity index (χ0) is 11.8. The molecular weight excluding hydrogens is 255 g/mol. The molecule has 3 N–H and O–H groups in total. The number of alkyl halides is 3. The number of hydrogen-bond donors (Lipinski definition) is 2. The number of pyridine rings is 1. The molecule has 1 aliphatic rings. The lowest BCUT2D eigenvalue weighted by Crippen LogP contribution is -2.44. The maximum atomic E-state index is 12.2. The van der Waals surface area contributed by atoms with Crippen molar-refractivity contribution in [1.82, 2.24) is 4.98 Å². The van der Waals surface area contributed by atoms with Crippen LogP contribution >= 0.6 is 12.4 Å². The number of nitrogens with two attached hydrogens (primary N) is 1. The molecule has 1 aromatic heterocycles. The third-order valence-corrected chi connectivity index (χ3v) is 2.60. The zero-order valence-corrected chi connectivity index (χ0v) is 9.68. The van der Waals surface area contributed by atoms with E-state index in [2.05, 4.69) is 10.3 Å². The number of nitrogens with one attached hydrogen (secondary N) is 1. The molecular formula is C10H13ClF3N3. The van der Waals surface area contributed by atoms with Crippen molar-refractivity contribution in [2.45, 2.75) is 31.1 Å². The predicted molar refractivity (Wildman–Crippen MR) is 61.1 cm³/mol. The van der Waals surface area contributed by atoms with Crippen LogP contribution in [0.3, 0.4) is 0 Å². The average Bonchev–Trinajstić information content (AvgIpc) is 2.15. The van der Waals surface area contributed by atoms with Crippen LogP contribution in [0.15, 0.2) is 18.3 Å². The smallest absolute Gasteiger partial charge is 0.381 e. The van der Waals surface area contributed by atoms with Crippen molar-refractivity contribution in [3.05, 3.63) is 24.0 Å². The first-order valence-electron chi connectivity index (χ1n) is 5.00. The highest BCUT2D eigenvalue weighted by molar-refractivity contribution is 5.85. The fourth-order valence-electron chi connectivity index (χ4n) is 1.66. The van der Waals surface area contributed by atoms with Gasteiger partial charge in [-0.05, 0) is 25.0 Å². The van der Waals surface area contributed by atoms with Crippen molar-refractivity contribution in [1.29, 1.82) is 0 Å². The molecule has 0 spiro atoms. The van der Waals surface area contributed by atoms with Crippen molar-refractivity contribution in [3.63, 3.8) is 0 Å². The number of halogens is 4. The molecule has 1 fully saturated rings. The Hall–Kier alpha value is -1.01. The molecule has 0 amide bonds. The van der Waals surface area contributed by atoms with Crippen molar-refractivity contribution in [3.8, 4) is 0 Å². The van der Waals surface area contributed by atoms with Gasteiger partial charge in [-0.2, -0.15) is 13.2 Å². The molecule has 1 aliphatic carbocycles. The van der Waals surface area contributed by atoms with E-state index in [1.165, 1.54) is 12.3 Å². The molecule has 1 heterocycles. The summed E-state index contributed by atoms with van der Waals surface area (Å²) in [5, 5.41) is 3.08. The van der Waals surface area contributed by atoms with Crippen LogP contribution in [-0.4, -0.2) is 17.1 Å². The maximum Gasteiger partial charge on any atom is 0.433 e. The second-order valence-electron chi connectivity index (χ2n) is 4.00. The monoisotopic (exact) mass is 267 g/mol. The summed E-state index contributed by atoms with van der Waals surface area (Å²) >= 11 is 0. The maximum absolute atomic E-state index is 12.2. The van der Waals surface area contributed by atoms with Crippen molar-refractivity contribution >= 4 is 18.1 Å². The second-order valence-corrected chi connectivity index (χ2v) is 4.00. The summed E-state index contributed by atoms with van der Waals surface area (Å²) in [4.78, 5) is 3.36. The Balaban J connectivity index is 0.00000144. The van der Waals surface area contributed by atoms with Crippen LogP contribution < -0.4 is 11.1 Å². The molecule has 1 saturated carbocycles. The molecule has 0 atom stereocenters. The van der Waals surface area contributed by atoms with Crippen LogP contribution in [0.1, 0.15) is 18.5 Å². The summed E-state index contributed by atoms with van der Waals surface area (Å²) < 4.78 is 36.6. The van der Waals surface area contributed by atoms with Gasteiger partial charge in [-0.1, -0.05) is 0 Å². The van der Waals surface area contributed by atoms with Gasteiger partial charge in [0.1, 0.15) is 5.69 Å². The molecule has 0 unspecified atom stereocenters. The van der Waals surface area contributed by atoms with E-state index in [9.17, 15) is 13.2 Å². The molecule has 0 saturated heterocycles. The molecule has 0 radical (unpaired) electrons. The number of hydrogen-bond acceptors (Lipinski definition) is 3. The predicted octanol–water partition coefficient (Wildman–Crippen LogP) is 2.42. The molecule has 1 aromatic rings. The van der Waals surface area contributed by atoms with Gasteiger partial charge in [0, 0.05) is 12.1 Å². The molecule has 0 aliphatic heterocycles. The number of aromatic nitrogens is 1. The van der Waals surface area contributed by atoms with Crippen molar-refractivity contribution in [2.24, 2.45) is 5.73 Å². The van der Waals surface area contributed by atoms with E-state index in [1.54, 1.807) is 0 Å². The Morgan fingerprint density at radius 3 is 2.35 bits per heavy atom. The van der Waals surface area contributed by atoms with Crippen LogP contribution in [0.5, 0.6) is 0 Å². The van der Waals surface area contributed by atoms with Gasteiger partial charge in [0.25, 0.3) is 0 Å². The standard InChI is InChI=1S/C10H12F3N3.ClH/c11-10(12,13)9-2-1-7(5-15-9)16-8-3-6(14)4-8;/h1-2,5-6,8,16H,3-4,14H2;1H.